The second-order valence-electron chi connectivity index (χ2n) is 5.87. The van der Waals surface area contributed by atoms with Crippen LogP contribution in [0.15, 0.2) is 5.38 Å². The number of aromatic nitrogens is 1. The molecule has 0 aliphatic carbocycles. The highest BCUT2D eigenvalue weighted by atomic mass is 32.2. The van der Waals surface area contributed by atoms with Gasteiger partial charge in [-0.25, -0.2) is 13.4 Å². The van der Waals surface area contributed by atoms with Crippen molar-refractivity contribution in [2.45, 2.75) is 19.6 Å². The molecule has 2 atom stereocenters. The normalized spacial score (nSPS) is 28.5. The Bertz CT molecular complexity index is 602. The molecule has 0 N–H and O–H groups in total. The van der Waals surface area contributed by atoms with Gasteiger partial charge in [0.2, 0.25) is 10.0 Å². The Labute approximate surface area is 129 Å². The van der Waals surface area contributed by atoms with Crippen LogP contribution in [0.2, 0.25) is 0 Å². The fraction of sp³-hybridized carbons (Fsp3) is 0.769. The van der Waals surface area contributed by atoms with Gasteiger partial charge in [0.05, 0.1) is 25.5 Å². The zero-order valence-corrected chi connectivity index (χ0v) is 14.0. The molecule has 0 radical (unpaired) electrons. The zero-order chi connectivity index (χ0) is 15.0. The molecular formula is C13H21N3O3S2. The van der Waals surface area contributed by atoms with Crippen LogP contribution in [0.3, 0.4) is 0 Å². The van der Waals surface area contributed by atoms with Gasteiger partial charge in [-0.1, -0.05) is 0 Å². The van der Waals surface area contributed by atoms with Gasteiger partial charge in [-0.05, 0) is 6.92 Å². The van der Waals surface area contributed by atoms with Crippen LogP contribution in [-0.2, 0) is 21.3 Å². The molecule has 0 bridgehead atoms. The summed E-state index contributed by atoms with van der Waals surface area (Å²) in [6, 6.07) is 0. The Kier molecular flexibility index (Phi) is 4.33. The SMILES string of the molecule is Cc1csc(CN2C[C@@H]3CN(S(C)(=O)=O)CCO[C@@H]3C2)n1. The van der Waals surface area contributed by atoms with E-state index in [2.05, 4.69) is 15.3 Å². The first kappa shape index (κ1) is 15.4. The molecule has 2 aliphatic rings. The second-order valence-corrected chi connectivity index (χ2v) is 8.79. The number of rotatable bonds is 3. The van der Waals surface area contributed by atoms with E-state index in [1.165, 1.54) is 6.26 Å². The highest BCUT2D eigenvalue weighted by Crippen LogP contribution is 2.26. The van der Waals surface area contributed by atoms with Gasteiger partial charge in [0, 0.05) is 43.2 Å². The fourth-order valence-corrected chi connectivity index (χ4v) is 4.73. The quantitative estimate of drug-likeness (QED) is 0.809. The second kappa shape index (κ2) is 5.92. The summed E-state index contributed by atoms with van der Waals surface area (Å²) in [5.74, 6) is 0.253. The molecule has 8 heteroatoms. The molecule has 0 amide bonds. The summed E-state index contributed by atoms with van der Waals surface area (Å²) in [6.07, 6.45) is 1.41. The van der Waals surface area contributed by atoms with E-state index in [4.69, 9.17) is 4.74 Å². The molecule has 1 aromatic rings. The van der Waals surface area contributed by atoms with Crippen molar-refractivity contribution in [1.29, 1.82) is 0 Å². The average molecular weight is 331 g/mol. The summed E-state index contributed by atoms with van der Waals surface area (Å²) >= 11 is 1.68. The van der Waals surface area contributed by atoms with Crippen molar-refractivity contribution in [3.63, 3.8) is 0 Å². The number of hydrogen-bond donors (Lipinski definition) is 0. The summed E-state index contributed by atoms with van der Waals surface area (Å²) in [5.41, 5.74) is 1.06. The molecule has 3 rings (SSSR count). The molecule has 6 nitrogen and oxygen atoms in total. The standard InChI is InChI=1S/C13H21N3O3S2/c1-10-9-20-13(14-10)8-15-5-11-6-16(21(2,17)18)3-4-19-12(11)7-15/h9,11-12H,3-8H2,1-2H3/t11-,12-/m1/s1. The monoisotopic (exact) mass is 331 g/mol. The topological polar surface area (TPSA) is 62.7 Å². The van der Waals surface area contributed by atoms with E-state index in [-0.39, 0.29) is 12.0 Å². The third kappa shape index (κ3) is 3.62. The Morgan fingerprint density at radius 2 is 2.24 bits per heavy atom. The molecular weight excluding hydrogens is 310 g/mol. The number of fused-ring (bicyclic) bond motifs is 1. The van der Waals surface area contributed by atoms with Crippen LogP contribution < -0.4 is 0 Å². The highest BCUT2D eigenvalue weighted by molar-refractivity contribution is 7.88. The molecule has 0 saturated carbocycles. The first-order valence-electron chi connectivity index (χ1n) is 7.12. The van der Waals surface area contributed by atoms with E-state index in [0.717, 1.165) is 30.3 Å². The van der Waals surface area contributed by atoms with Crippen molar-refractivity contribution in [3.8, 4) is 0 Å². The number of aryl methyl sites for hydroxylation is 1. The molecule has 2 fully saturated rings. The minimum Gasteiger partial charge on any atom is -0.375 e. The lowest BCUT2D eigenvalue weighted by atomic mass is 10.1. The third-order valence-corrected chi connectivity index (χ3v) is 6.28. The van der Waals surface area contributed by atoms with E-state index in [0.29, 0.717) is 19.7 Å². The van der Waals surface area contributed by atoms with E-state index in [9.17, 15) is 8.42 Å². The van der Waals surface area contributed by atoms with Crippen molar-refractivity contribution < 1.29 is 13.2 Å². The van der Waals surface area contributed by atoms with Gasteiger partial charge in [-0.15, -0.1) is 11.3 Å². The largest absolute Gasteiger partial charge is 0.375 e. The minimum atomic E-state index is -3.14. The zero-order valence-electron chi connectivity index (χ0n) is 12.4. The number of thiazole rings is 1. The van der Waals surface area contributed by atoms with Crippen LogP contribution in [0.1, 0.15) is 10.7 Å². The van der Waals surface area contributed by atoms with Crippen molar-refractivity contribution in [1.82, 2.24) is 14.2 Å². The third-order valence-electron chi connectivity index (χ3n) is 4.06. The van der Waals surface area contributed by atoms with Crippen molar-refractivity contribution in [2.75, 3.05) is 39.0 Å². The van der Waals surface area contributed by atoms with E-state index in [1.807, 2.05) is 6.92 Å². The molecule has 0 spiro atoms. The molecule has 1 aromatic heterocycles. The number of ether oxygens (including phenoxy) is 1. The van der Waals surface area contributed by atoms with Crippen LogP contribution in [-0.4, -0.2) is 67.8 Å². The molecule has 3 heterocycles. The molecule has 2 saturated heterocycles. The Balaban J connectivity index is 1.64. The lowest BCUT2D eigenvalue weighted by Crippen LogP contribution is -2.36. The molecule has 0 unspecified atom stereocenters. The number of sulfonamides is 1. The van der Waals surface area contributed by atoms with E-state index in [1.54, 1.807) is 15.6 Å². The van der Waals surface area contributed by atoms with Crippen molar-refractivity contribution in [3.05, 3.63) is 16.1 Å². The minimum absolute atomic E-state index is 0.137. The number of nitrogens with zero attached hydrogens (tertiary/aromatic N) is 3. The Morgan fingerprint density at radius 3 is 2.90 bits per heavy atom. The molecule has 0 aromatic carbocycles. The summed E-state index contributed by atoms with van der Waals surface area (Å²) in [4.78, 5) is 6.81. The van der Waals surface area contributed by atoms with E-state index < -0.39 is 10.0 Å². The van der Waals surface area contributed by atoms with Gasteiger partial charge in [0.25, 0.3) is 0 Å². The van der Waals surface area contributed by atoms with Gasteiger partial charge in [0.1, 0.15) is 5.01 Å². The van der Waals surface area contributed by atoms with Gasteiger partial charge in [0.15, 0.2) is 0 Å². The fourth-order valence-electron chi connectivity index (χ4n) is 3.05. The van der Waals surface area contributed by atoms with Crippen LogP contribution >= 0.6 is 11.3 Å². The smallest absolute Gasteiger partial charge is 0.211 e. The van der Waals surface area contributed by atoms with Crippen LogP contribution in [0.5, 0.6) is 0 Å². The number of hydrogen-bond acceptors (Lipinski definition) is 6. The summed E-state index contributed by atoms with van der Waals surface area (Å²) < 4.78 is 30.9. The van der Waals surface area contributed by atoms with Gasteiger partial charge < -0.3 is 4.74 Å². The highest BCUT2D eigenvalue weighted by Gasteiger charge is 2.38. The summed E-state index contributed by atoms with van der Waals surface area (Å²) in [5, 5.41) is 3.18. The van der Waals surface area contributed by atoms with Gasteiger partial charge >= 0.3 is 0 Å². The van der Waals surface area contributed by atoms with Crippen molar-refractivity contribution in [2.24, 2.45) is 5.92 Å². The van der Waals surface area contributed by atoms with E-state index >= 15 is 0 Å². The van der Waals surface area contributed by atoms with Gasteiger partial charge in [-0.2, -0.15) is 4.31 Å². The molecule has 21 heavy (non-hydrogen) atoms. The Morgan fingerprint density at radius 1 is 1.43 bits per heavy atom. The maximum Gasteiger partial charge on any atom is 0.211 e. The summed E-state index contributed by atoms with van der Waals surface area (Å²) in [6.45, 7) is 6.08. The maximum absolute atomic E-state index is 11.8. The van der Waals surface area contributed by atoms with Gasteiger partial charge in [-0.3, -0.25) is 4.90 Å². The maximum atomic E-state index is 11.8. The molecule has 118 valence electrons. The predicted octanol–water partition coefficient (Wildman–Crippen LogP) is 0.544. The molecule has 2 aliphatic heterocycles. The van der Waals surface area contributed by atoms with Crippen LogP contribution in [0, 0.1) is 12.8 Å². The first-order chi connectivity index (χ1) is 9.91. The van der Waals surface area contributed by atoms with Crippen LogP contribution in [0.4, 0.5) is 0 Å². The lowest BCUT2D eigenvalue weighted by Gasteiger charge is -2.21. The average Bonchev–Trinajstić information content (AvgIpc) is 2.89. The summed E-state index contributed by atoms with van der Waals surface area (Å²) in [7, 11) is -3.14. The lowest BCUT2D eigenvalue weighted by molar-refractivity contribution is 0.0518. The number of likely N-dealkylation sites (tertiary alicyclic amines) is 1. The Hall–Kier alpha value is -0.540. The predicted molar refractivity (Wildman–Crippen MR) is 81.8 cm³/mol. The van der Waals surface area contributed by atoms with Crippen molar-refractivity contribution >= 4 is 21.4 Å². The van der Waals surface area contributed by atoms with Crippen LogP contribution in [0.25, 0.3) is 0 Å². The first-order valence-corrected chi connectivity index (χ1v) is 9.84.